The first-order chi connectivity index (χ1) is 14.1. The topological polar surface area (TPSA) is 79.7 Å². The fourth-order valence-corrected chi connectivity index (χ4v) is 4.21. The minimum absolute atomic E-state index is 0.0297. The molecule has 1 N–H and O–H groups in total. The number of piperidine rings is 1. The maximum absolute atomic E-state index is 12.6. The number of piperazine rings is 1. The zero-order valence-corrected chi connectivity index (χ0v) is 17.0. The van der Waals surface area contributed by atoms with Crippen molar-refractivity contribution in [2.75, 3.05) is 51.3 Å². The van der Waals surface area contributed by atoms with Gasteiger partial charge in [0.25, 0.3) is 5.56 Å². The molecule has 1 aromatic heterocycles. The van der Waals surface area contributed by atoms with E-state index >= 15 is 0 Å². The van der Waals surface area contributed by atoms with E-state index in [4.69, 9.17) is 4.74 Å². The van der Waals surface area contributed by atoms with Crippen molar-refractivity contribution in [3.63, 3.8) is 0 Å². The molecular weight excluding hydrogens is 370 g/mol. The van der Waals surface area contributed by atoms with Crippen LogP contribution < -0.4 is 15.8 Å². The summed E-state index contributed by atoms with van der Waals surface area (Å²) >= 11 is 0. The number of hydrogen-bond acceptors (Lipinski definition) is 6. The number of aromatic nitrogens is 2. The second kappa shape index (κ2) is 8.92. The lowest BCUT2D eigenvalue weighted by Crippen LogP contribution is -2.52. The summed E-state index contributed by atoms with van der Waals surface area (Å²) < 4.78 is 6.65. The number of carbonyl (C=O) groups excluding carboxylic acids is 1. The quantitative estimate of drug-likeness (QED) is 0.775. The molecule has 2 aromatic rings. The molecule has 2 fully saturated rings. The molecule has 4 rings (SSSR count). The van der Waals surface area contributed by atoms with Gasteiger partial charge >= 0.3 is 0 Å². The molecule has 2 aliphatic heterocycles. The number of nitrogens with one attached hydrogen (secondary N) is 1. The summed E-state index contributed by atoms with van der Waals surface area (Å²) in [7, 11) is 1.62. The Balaban J connectivity index is 1.39. The summed E-state index contributed by atoms with van der Waals surface area (Å²) in [6, 6.07) is 6.19. The normalized spacial score (nSPS) is 20.8. The van der Waals surface area contributed by atoms with Crippen LogP contribution >= 0.6 is 0 Å². The van der Waals surface area contributed by atoms with E-state index in [1.54, 1.807) is 18.0 Å². The number of anilines is 1. The van der Waals surface area contributed by atoms with Gasteiger partial charge in [0, 0.05) is 58.0 Å². The first kappa shape index (κ1) is 19.8. The van der Waals surface area contributed by atoms with E-state index in [0.717, 1.165) is 56.8 Å². The minimum Gasteiger partial charge on any atom is -0.383 e. The third-order valence-electron chi connectivity index (χ3n) is 5.88. The van der Waals surface area contributed by atoms with Crippen LogP contribution in [0.1, 0.15) is 19.3 Å². The molecule has 0 aliphatic carbocycles. The molecule has 8 heteroatoms. The van der Waals surface area contributed by atoms with E-state index in [0.29, 0.717) is 25.0 Å². The third-order valence-corrected chi connectivity index (χ3v) is 5.88. The Kier molecular flexibility index (Phi) is 6.10. The van der Waals surface area contributed by atoms with Gasteiger partial charge in [0.2, 0.25) is 5.91 Å². The van der Waals surface area contributed by atoms with Gasteiger partial charge in [-0.2, -0.15) is 0 Å². The van der Waals surface area contributed by atoms with Crippen molar-refractivity contribution in [2.45, 2.75) is 31.8 Å². The predicted octanol–water partition coefficient (Wildman–Crippen LogP) is 0.834. The van der Waals surface area contributed by atoms with Crippen LogP contribution in [0.4, 0.5) is 5.69 Å². The summed E-state index contributed by atoms with van der Waals surface area (Å²) in [6.45, 7) is 5.71. The van der Waals surface area contributed by atoms with Crippen LogP contribution in [0.5, 0.6) is 0 Å². The SMILES string of the molecule is COCCn1cnc2cc(N3CCN(CC4CCCC(=O)N4)CC3)ccc2c1=O. The van der Waals surface area contributed by atoms with Crippen molar-refractivity contribution in [1.82, 2.24) is 19.8 Å². The summed E-state index contributed by atoms with van der Waals surface area (Å²) in [5, 5.41) is 3.75. The highest BCUT2D eigenvalue weighted by molar-refractivity contribution is 5.81. The Hall–Kier alpha value is -2.45. The molecule has 2 aliphatic rings. The van der Waals surface area contributed by atoms with E-state index in [1.165, 1.54) is 0 Å². The first-order valence-corrected chi connectivity index (χ1v) is 10.4. The number of benzene rings is 1. The number of rotatable bonds is 6. The third kappa shape index (κ3) is 4.59. The Bertz CT molecular complexity index is 920. The van der Waals surface area contributed by atoms with E-state index < -0.39 is 0 Å². The fourth-order valence-electron chi connectivity index (χ4n) is 4.21. The van der Waals surface area contributed by atoms with Crippen LogP contribution in [-0.4, -0.2) is 72.8 Å². The van der Waals surface area contributed by atoms with Gasteiger partial charge in [0.05, 0.1) is 30.4 Å². The lowest BCUT2D eigenvalue weighted by Gasteiger charge is -2.38. The Morgan fingerprint density at radius 2 is 2.03 bits per heavy atom. The minimum atomic E-state index is -0.0297. The second-order valence-corrected chi connectivity index (χ2v) is 7.88. The molecule has 1 atom stereocenters. The maximum Gasteiger partial charge on any atom is 0.261 e. The Labute approximate surface area is 170 Å². The van der Waals surface area contributed by atoms with Crippen molar-refractivity contribution >= 4 is 22.5 Å². The van der Waals surface area contributed by atoms with Crippen molar-refractivity contribution in [3.8, 4) is 0 Å². The van der Waals surface area contributed by atoms with Gasteiger partial charge < -0.3 is 15.0 Å². The van der Waals surface area contributed by atoms with E-state index in [-0.39, 0.29) is 17.5 Å². The van der Waals surface area contributed by atoms with Crippen LogP contribution in [0, 0.1) is 0 Å². The molecule has 156 valence electrons. The van der Waals surface area contributed by atoms with Crippen LogP contribution in [-0.2, 0) is 16.1 Å². The molecule has 1 aromatic carbocycles. The highest BCUT2D eigenvalue weighted by atomic mass is 16.5. The maximum atomic E-state index is 12.6. The second-order valence-electron chi connectivity index (χ2n) is 7.88. The first-order valence-electron chi connectivity index (χ1n) is 10.4. The number of fused-ring (bicyclic) bond motifs is 1. The zero-order valence-electron chi connectivity index (χ0n) is 17.0. The highest BCUT2D eigenvalue weighted by Crippen LogP contribution is 2.21. The van der Waals surface area contributed by atoms with Gasteiger partial charge in [-0.05, 0) is 31.0 Å². The van der Waals surface area contributed by atoms with E-state index in [1.807, 2.05) is 18.2 Å². The zero-order chi connectivity index (χ0) is 20.2. The fraction of sp³-hybridized carbons (Fsp3) is 0.571. The molecule has 3 heterocycles. The molecule has 8 nitrogen and oxygen atoms in total. The number of amides is 1. The number of methoxy groups -OCH3 is 1. The van der Waals surface area contributed by atoms with E-state index in [9.17, 15) is 9.59 Å². The Morgan fingerprint density at radius 1 is 1.21 bits per heavy atom. The predicted molar refractivity (Wildman–Crippen MR) is 112 cm³/mol. The average Bonchev–Trinajstić information content (AvgIpc) is 2.74. The molecule has 2 saturated heterocycles. The number of carbonyl (C=O) groups is 1. The van der Waals surface area contributed by atoms with Crippen molar-refractivity contribution in [2.24, 2.45) is 0 Å². The van der Waals surface area contributed by atoms with Gasteiger partial charge in [-0.15, -0.1) is 0 Å². The smallest absolute Gasteiger partial charge is 0.261 e. The van der Waals surface area contributed by atoms with Crippen molar-refractivity contribution in [1.29, 1.82) is 0 Å². The number of hydrogen-bond donors (Lipinski definition) is 1. The average molecular weight is 399 g/mol. The summed E-state index contributed by atoms with van der Waals surface area (Å²) in [5.41, 5.74) is 1.80. The Morgan fingerprint density at radius 3 is 2.79 bits per heavy atom. The van der Waals surface area contributed by atoms with Crippen LogP contribution in [0.25, 0.3) is 10.9 Å². The van der Waals surface area contributed by atoms with Gasteiger partial charge in [0.1, 0.15) is 0 Å². The van der Waals surface area contributed by atoms with Gasteiger partial charge in [-0.25, -0.2) is 4.98 Å². The van der Waals surface area contributed by atoms with Gasteiger partial charge in [0.15, 0.2) is 0 Å². The summed E-state index contributed by atoms with van der Waals surface area (Å²) in [6.07, 6.45) is 4.33. The lowest BCUT2D eigenvalue weighted by atomic mass is 10.0. The molecule has 29 heavy (non-hydrogen) atoms. The van der Waals surface area contributed by atoms with Gasteiger partial charge in [-0.1, -0.05) is 0 Å². The van der Waals surface area contributed by atoms with Crippen LogP contribution in [0.15, 0.2) is 29.3 Å². The molecule has 1 amide bonds. The molecule has 0 bridgehead atoms. The monoisotopic (exact) mass is 399 g/mol. The highest BCUT2D eigenvalue weighted by Gasteiger charge is 2.23. The van der Waals surface area contributed by atoms with Gasteiger partial charge in [-0.3, -0.25) is 19.1 Å². The molecule has 0 spiro atoms. The van der Waals surface area contributed by atoms with E-state index in [2.05, 4.69) is 20.1 Å². The molecular formula is C21H29N5O3. The van der Waals surface area contributed by atoms with Crippen LogP contribution in [0.3, 0.4) is 0 Å². The molecule has 0 saturated carbocycles. The van der Waals surface area contributed by atoms with Crippen molar-refractivity contribution < 1.29 is 9.53 Å². The largest absolute Gasteiger partial charge is 0.383 e. The molecule has 0 radical (unpaired) electrons. The van der Waals surface area contributed by atoms with Crippen molar-refractivity contribution in [3.05, 3.63) is 34.9 Å². The van der Waals surface area contributed by atoms with Crippen LogP contribution in [0.2, 0.25) is 0 Å². The lowest BCUT2D eigenvalue weighted by molar-refractivity contribution is -0.123. The molecule has 1 unspecified atom stereocenters. The summed E-state index contributed by atoms with van der Waals surface area (Å²) in [4.78, 5) is 33.4. The summed E-state index contributed by atoms with van der Waals surface area (Å²) in [5.74, 6) is 0.185. The number of ether oxygens (including phenoxy) is 1. The number of nitrogens with zero attached hydrogens (tertiary/aromatic N) is 4. The standard InChI is InChI=1S/C21H29N5O3/c1-29-12-11-26-15-22-19-13-17(5-6-18(19)21(26)28)25-9-7-24(8-10-25)14-16-3-2-4-20(27)23-16/h5-6,13,15-16H,2-4,7-12,14H2,1H3,(H,23,27).